The fraction of sp³-hybridized carbons (Fsp3) is 0.294. The first kappa shape index (κ1) is 17.7. The summed E-state index contributed by atoms with van der Waals surface area (Å²) in [7, 11) is 0. The van der Waals surface area contributed by atoms with Gasteiger partial charge in [-0.1, -0.05) is 22.0 Å². The maximum Gasteiger partial charge on any atom is 0.225 e. The van der Waals surface area contributed by atoms with Crippen molar-refractivity contribution in [3.05, 3.63) is 50.6 Å². The van der Waals surface area contributed by atoms with E-state index in [4.69, 9.17) is 0 Å². The van der Waals surface area contributed by atoms with Gasteiger partial charge >= 0.3 is 0 Å². The number of rotatable bonds is 6. The molecule has 0 aliphatic rings. The van der Waals surface area contributed by atoms with Gasteiger partial charge in [-0.15, -0.1) is 11.3 Å². The number of hydrogen-bond acceptors (Lipinski definition) is 3. The summed E-state index contributed by atoms with van der Waals surface area (Å²) in [6.45, 7) is 4.39. The lowest BCUT2D eigenvalue weighted by molar-refractivity contribution is -0.120. The van der Waals surface area contributed by atoms with Gasteiger partial charge in [0.25, 0.3) is 0 Å². The molecule has 0 saturated heterocycles. The Labute approximate surface area is 148 Å². The average molecular weight is 395 g/mol. The minimum Gasteiger partial charge on any atom is -0.354 e. The predicted molar refractivity (Wildman–Crippen MR) is 97.9 cm³/mol. The van der Waals surface area contributed by atoms with Crippen molar-refractivity contribution in [1.82, 2.24) is 5.32 Å². The van der Waals surface area contributed by atoms with Crippen molar-refractivity contribution in [2.45, 2.75) is 20.3 Å². The summed E-state index contributed by atoms with van der Waals surface area (Å²) in [4.78, 5) is 26.5. The average Bonchev–Trinajstić information content (AvgIpc) is 2.99. The van der Waals surface area contributed by atoms with Crippen LogP contribution >= 0.6 is 27.3 Å². The number of carbonyl (C=O) groups excluding carboxylic acids is 2. The minimum absolute atomic E-state index is 0.0251. The molecule has 23 heavy (non-hydrogen) atoms. The zero-order valence-electron chi connectivity index (χ0n) is 13.1. The Morgan fingerprint density at radius 2 is 2.09 bits per heavy atom. The third kappa shape index (κ3) is 5.18. The van der Waals surface area contributed by atoms with Crippen molar-refractivity contribution in [3.63, 3.8) is 0 Å². The van der Waals surface area contributed by atoms with Gasteiger partial charge in [-0.2, -0.15) is 0 Å². The van der Waals surface area contributed by atoms with E-state index in [9.17, 15) is 9.59 Å². The molecule has 0 aliphatic carbocycles. The predicted octanol–water partition coefficient (Wildman–Crippen LogP) is 3.53. The van der Waals surface area contributed by atoms with Gasteiger partial charge in [0.2, 0.25) is 11.8 Å². The van der Waals surface area contributed by atoms with E-state index in [1.54, 1.807) is 16.2 Å². The van der Waals surface area contributed by atoms with Crippen LogP contribution in [0.3, 0.4) is 0 Å². The van der Waals surface area contributed by atoms with Gasteiger partial charge in [0.1, 0.15) is 0 Å². The molecule has 2 rings (SSSR count). The van der Waals surface area contributed by atoms with Crippen LogP contribution in [0.5, 0.6) is 0 Å². The second kappa shape index (κ2) is 8.26. The van der Waals surface area contributed by atoms with Crippen LogP contribution in [0.2, 0.25) is 0 Å². The number of hydrogen-bond donors (Lipinski definition) is 1. The number of amides is 2. The summed E-state index contributed by atoms with van der Waals surface area (Å²) in [5, 5.41) is 4.82. The molecule has 0 radical (unpaired) electrons. The number of nitrogens with one attached hydrogen (secondary N) is 1. The Hall–Kier alpha value is -1.66. The number of anilines is 1. The van der Waals surface area contributed by atoms with Crippen molar-refractivity contribution in [1.29, 1.82) is 0 Å². The zero-order valence-corrected chi connectivity index (χ0v) is 15.5. The van der Waals surface area contributed by atoms with E-state index < -0.39 is 0 Å². The second-order valence-corrected chi connectivity index (χ2v) is 7.10. The fourth-order valence-corrected chi connectivity index (χ4v) is 3.16. The van der Waals surface area contributed by atoms with Crippen molar-refractivity contribution in [3.8, 4) is 0 Å². The minimum atomic E-state index is -0.0424. The van der Waals surface area contributed by atoms with E-state index in [0.29, 0.717) is 19.5 Å². The summed E-state index contributed by atoms with van der Waals surface area (Å²) in [5.41, 5.74) is 1.90. The molecular formula is C17H19BrN2O2S. The first-order chi connectivity index (χ1) is 11.0. The van der Waals surface area contributed by atoms with E-state index in [2.05, 4.69) is 21.2 Å². The summed E-state index contributed by atoms with van der Waals surface area (Å²) in [6, 6.07) is 9.65. The second-order valence-electron chi connectivity index (χ2n) is 5.21. The smallest absolute Gasteiger partial charge is 0.225 e. The summed E-state index contributed by atoms with van der Waals surface area (Å²) >= 11 is 5.02. The number of benzene rings is 1. The maximum absolute atomic E-state index is 11.9. The number of carbonyl (C=O) groups is 2. The number of thiophene rings is 1. The van der Waals surface area contributed by atoms with Crippen LogP contribution in [0.4, 0.5) is 5.69 Å². The van der Waals surface area contributed by atoms with Gasteiger partial charge in [-0.3, -0.25) is 9.59 Å². The number of halogens is 1. The first-order valence-corrected chi connectivity index (χ1v) is 8.98. The molecule has 122 valence electrons. The third-order valence-corrected chi connectivity index (χ3v) is 5.17. The molecule has 1 N–H and O–H groups in total. The molecule has 6 heteroatoms. The quantitative estimate of drug-likeness (QED) is 0.814. The standard InChI is InChI=1S/C17H19BrN2O2S/c1-12-10-14(5-6-16(12)18)20(13(2)21)8-7-19-17(22)11-15-4-3-9-23-15/h3-6,9-10H,7-8,11H2,1-2H3,(H,19,22). The van der Waals surface area contributed by atoms with E-state index in [0.717, 1.165) is 20.6 Å². The zero-order chi connectivity index (χ0) is 16.8. The van der Waals surface area contributed by atoms with Crippen LogP contribution in [-0.2, 0) is 16.0 Å². The highest BCUT2D eigenvalue weighted by Gasteiger charge is 2.13. The summed E-state index contributed by atoms with van der Waals surface area (Å²) < 4.78 is 1.01. The maximum atomic E-state index is 11.9. The molecule has 1 aromatic carbocycles. The lowest BCUT2D eigenvalue weighted by Gasteiger charge is -2.22. The van der Waals surface area contributed by atoms with Gasteiger partial charge in [0, 0.05) is 35.1 Å². The molecule has 0 saturated carbocycles. The Morgan fingerprint density at radius 3 is 2.70 bits per heavy atom. The molecule has 2 aromatic rings. The van der Waals surface area contributed by atoms with Gasteiger partial charge in [-0.25, -0.2) is 0 Å². The fourth-order valence-electron chi connectivity index (χ4n) is 2.21. The Balaban J connectivity index is 1.91. The first-order valence-electron chi connectivity index (χ1n) is 7.30. The van der Waals surface area contributed by atoms with Crippen molar-refractivity contribution in [2.75, 3.05) is 18.0 Å². The molecule has 0 fully saturated rings. The van der Waals surface area contributed by atoms with Crippen LogP contribution in [0.1, 0.15) is 17.4 Å². The lowest BCUT2D eigenvalue weighted by Crippen LogP contribution is -2.38. The normalized spacial score (nSPS) is 10.4. The molecule has 0 spiro atoms. The highest BCUT2D eigenvalue weighted by atomic mass is 79.9. The monoisotopic (exact) mass is 394 g/mol. The van der Waals surface area contributed by atoms with Gasteiger partial charge in [-0.05, 0) is 42.1 Å². The molecule has 0 atom stereocenters. The largest absolute Gasteiger partial charge is 0.354 e. The Bertz CT molecular complexity index is 686. The molecular weight excluding hydrogens is 376 g/mol. The van der Waals surface area contributed by atoms with Crippen LogP contribution in [0.15, 0.2) is 40.2 Å². The van der Waals surface area contributed by atoms with Crippen molar-refractivity contribution >= 4 is 44.8 Å². The van der Waals surface area contributed by atoms with Crippen LogP contribution in [-0.4, -0.2) is 24.9 Å². The molecule has 0 aliphatic heterocycles. The number of nitrogens with zero attached hydrogens (tertiary/aromatic N) is 1. The topological polar surface area (TPSA) is 49.4 Å². The van der Waals surface area contributed by atoms with E-state index in [-0.39, 0.29) is 11.8 Å². The van der Waals surface area contributed by atoms with E-state index >= 15 is 0 Å². The molecule has 0 bridgehead atoms. The number of aryl methyl sites for hydroxylation is 1. The molecule has 1 heterocycles. The van der Waals surface area contributed by atoms with Crippen molar-refractivity contribution < 1.29 is 9.59 Å². The summed E-state index contributed by atoms with van der Waals surface area (Å²) in [6.07, 6.45) is 0.384. The van der Waals surface area contributed by atoms with Gasteiger partial charge < -0.3 is 10.2 Å². The Kier molecular flexibility index (Phi) is 6.36. The van der Waals surface area contributed by atoms with Crippen LogP contribution < -0.4 is 10.2 Å². The van der Waals surface area contributed by atoms with Gasteiger partial charge in [0.15, 0.2) is 0 Å². The Morgan fingerprint density at radius 1 is 1.30 bits per heavy atom. The SMILES string of the molecule is CC(=O)N(CCNC(=O)Cc1cccs1)c1ccc(Br)c(C)c1. The summed E-state index contributed by atoms with van der Waals surface area (Å²) in [5.74, 6) is -0.0674. The third-order valence-electron chi connectivity index (χ3n) is 3.41. The molecule has 1 aromatic heterocycles. The molecule has 4 nitrogen and oxygen atoms in total. The molecule has 0 unspecified atom stereocenters. The highest BCUT2D eigenvalue weighted by molar-refractivity contribution is 9.10. The van der Waals surface area contributed by atoms with Crippen molar-refractivity contribution in [2.24, 2.45) is 0 Å². The van der Waals surface area contributed by atoms with Crippen LogP contribution in [0.25, 0.3) is 0 Å². The lowest BCUT2D eigenvalue weighted by atomic mass is 10.2. The van der Waals surface area contributed by atoms with E-state index in [1.165, 1.54) is 6.92 Å². The van der Waals surface area contributed by atoms with Crippen LogP contribution in [0, 0.1) is 6.92 Å². The van der Waals surface area contributed by atoms with Gasteiger partial charge in [0.05, 0.1) is 6.42 Å². The highest BCUT2D eigenvalue weighted by Crippen LogP contribution is 2.23. The van der Waals surface area contributed by atoms with E-state index in [1.807, 2.05) is 42.6 Å². The molecule has 2 amide bonds.